The number of benzene rings is 4. The standard InChI is InChI=1S/C34H36BN3O3/c1-33(2,39)34(3,4)41-35(5)27-18-22-29(23-19-27)40-28-20-16-26(17-21-28)32-37-30(24-12-8-6-9-13-24)36-31(38-32)25-14-10-7-11-15-25/h6-23,30,39H,1-5H3,(H,36,37,38). The summed E-state index contributed by atoms with van der Waals surface area (Å²) in [6.45, 7) is 9.12. The molecule has 4 aromatic carbocycles. The van der Waals surface area contributed by atoms with E-state index in [0.717, 1.165) is 45.3 Å². The maximum Gasteiger partial charge on any atom is 0.324 e. The van der Waals surface area contributed by atoms with E-state index in [4.69, 9.17) is 19.4 Å². The summed E-state index contributed by atoms with van der Waals surface area (Å²) in [5, 5.41) is 13.8. The molecule has 7 heteroatoms. The van der Waals surface area contributed by atoms with Crippen molar-refractivity contribution in [2.75, 3.05) is 0 Å². The van der Waals surface area contributed by atoms with Crippen molar-refractivity contribution in [1.29, 1.82) is 0 Å². The van der Waals surface area contributed by atoms with Crippen LogP contribution in [-0.2, 0) is 4.65 Å². The first kappa shape index (κ1) is 28.3. The summed E-state index contributed by atoms with van der Waals surface area (Å²) in [6, 6.07) is 35.9. The number of hydrogen-bond acceptors (Lipinski definition) is 6. The predicted octanol–water partition coefficient (Wildman–Crippen LogP) is 6.37. The highest BCUT2D eigenvalue weighted by Crippen LogP contribution is 2.27. The summed E-state index contributed by atoms with van der Waals surface area (Å²) in [5.41, 5.74) is 2.33. The molecule has 0 saturated heterocycles. The third-order valence-electron chi connectivity index (χ3n) is 7.54. The monoisotopic (exact) mass is 545 g/mol. The van der Waals surface area contributed by atoms with Crippen LogP contribution in [0.15, 0.2) is 119 Å². The van der Waals surface area contributed by atoms with Gasteiger partial charge in [-0.1, -0.05) is 79.6 Å². The van der Waals surface area contributed by atoms with Crippen molar-refractivity contribution in [2.45, 2.75) is 51.9 Å². The fourth-order valence-corrected chi connectivity index (χ4v) is 4.39. The molecule has 41 heavy (non-hydrogen) atoms. The number of nitrogens with one attached hydrogen (secondary N) is 1. The Morgan fingerprint density at radius 2 is 1.17 bits per heavy atom. The van der Waals surface area contributed by atoms with Crippen LogP contribution in [0.1, 0.15) is 50.6 Å². The van der Waals surface area contributed by atoms with Gasteiger partial charge < -0.3 is 19.8 Å². The molecule has 0 bridgehead atoms. The van der Waals surface area contributed by atoms with Gasteiger partial charge in [-0.25, -0.2) is 9.98 Å². The molecular formula is C34H36BN3O3. The molecule has 0 aliphatic carbocycles. The summed E-state index contributed by atoms with van der Waals surface area (Å²) in [7, 11) is 0. The first-order chi connectivity index (χ1) is 19.6. The van der Waals surface area contributed by atoms with Gasteiger partial charge in [0.15, 0.2) is 6.17 Å². The molecule has 0 amide bonds. The number of aliphatic imine (C=N–C) groups is 2. The van der Waals surface area contributed by atoms with Crippen molar-refractivity contribution >= 4 is 24.0 Å². The number of nitrogens with zero attached hydrogens (tertiary/aromatic N) is 2. The Hall–Kier alpha value is -4.20. The third kappa shape index (κ3) is 6.76. The molecular weight excluding hydrogens is 509 g/mol. The third-order valence-corrected chi connectivity index (χ3v) is 7.54. The van der Waals surface area contributed by atoms with Crippen LogP contribution in [0.3, 0.4) is 0 Å². The Morgan fingerprint density at radius 1 is 0.683 bits per heavy atom. The lowest BCUT2D eigenvalue weighted by atomic mass is 9.62. The van der Waals surface area contributed by atoms with E-state index >= 15 is 0 Å². The van der Waals surface area contributed by atoms with E-state index in [2.05, 4.69) is 5.32 Å². The van der Waals surface area contributed by atoms with Crippen molar-refractivity contribution in [3.8, 4) is 11.5 Å². The highest BCUT2D eigenvalue weighted by atomic mass is 16.5. The summed E-state index contributed by atoms with van der Waals surface area (Å²) in [4.78, 5) is 9.82. The molecule has 1 aliphatic rings. The molecule has 208 valence electrons. The molecule has 4 aromatic rings. The number of aliphatic hydroxyl groups is 1. The Kier molecular flexibility index (Phi) is 8.11. The minimum absolute atomic E-state index is 0.183. The van der Waals surface area contributed by atoms with Crippen LogP contribution >= 0.6 is 0 Å². The zero-order valence-electron chi connectivity index (χ0n) is 24.2. The molecule has 0 fully saturated rings. The zero-order chi connectivity index (χ0) is 29.0. The quantitative estimate of drug-likeness (QED) is 0.240. The van der Waals surface area contributed by atoms with Gasteiger partial charge in [-0.3, -0.25) is 0 Å². The fraction of sp³-hybridized carbons (Fsp3) is 0.235. The largest absolute Gasteiger partial charge is 0.457 e. The van der Waals surface area contributed by atoms with Gasteiger partial charge in [-0.15, -0.1) is 0 Å². The summed E-state index contributed by atoms with van der Waals surface area (Å²) >= 11 is 0. The van der Waals surface area contributed by atoms with Crippen molar-refractivity contribution in [3.63, 3.8) is 0 Å². The molecule has 0 radical (unpaired) electrons. The Bertz CT molecular complexity index is 1510. The van der Waals surface area contributed by atoms with E-state index in [1.54, 1.807) is 13.8 Å². The summed E-state index contributed by atoms with van der Waals surface area (Å²) in [6.07, 6.45) is -0.336. The first-order valence-electron chi connectivity index (χ1n) is 13.9. The van der Waals surface area contributed by atoms with Crippen LogP contribution in [-0.4, -0.2) is 34.9 Å². The number of rotatable bonds is 9. The molecule has 1 atom stereocenters. The number of hydrogen-bond donors (Lipinski definition) is 2. The SMILES string of the molecule is CB(OC(C)(C)C(C)(C)O)c1ccc(Oc2ccc(C3=NC(c4ccccc4)N=C(c4ccccc4)N3)cc2)cc1. The van der Waals surface area contributed by atoms with Crippen LogP contribution in [0.25, 0.3) is 0 Å². The maximum absolute atomic E-state index is 10.4. The number of amidine groups is 2. The Balaban J connectivity index is 1.30. The second-order valence-corrected chi connectivity index (χ2v) is 11.3. The molecule has 6 nitrogen and oxygen atoms in total. The number of ether oxygens (including phenoxy) is 1. The second kappa shape index (κ2) is 11.7. The van der Waals surface area contributed by atoms with Crippen molar-refractivity contribution < 1.29 is 14.5 Å². The molecule has 0 spiro atoms. The fourth-order valence-electron chi connectivity index (χ4n) is 4.39. The van der Waals surface area contributed by atoms with E-state index in [1.807, 2.05) is 130 Å². The topological polar surface area (TPSA) is 75.4 Å². The van der Waals surface area contributed by atoms with Crippen molar-refractivity contribution in [3.05, 3.63) is 126 Å². The van der Waals surface area contributed by atoms with Gasteiger partial charge in [0.05, 0.1) is 11.2 Å². The molecule has 1 aliphatic heterocycles. The minimum Gasteiger partial charge on any atom is -0.457 e. The summed E-state index contributed by atoms with van der Waals surface area (Å²) < 4.78 is 12.3. The lowest BCUT2D eigenvalue weighted by Gasteiger charge is -2.39. The van der Waals surface area contributed by atoms with E-state index in [9.17, 15) is 5.11 Å². The van der Waals surface area contributed by atoms with Gasteiger partial charge in [0.2, 0.25) is 0 Å². The molecule has 1 heterocycles. The lowest BCUT2D eigenvalue weighted by molar-refractivity contribution is -0.0918. The highest BCUT2D eigenvalue weighted by Gasteiger charge is 2.38. The minimum atomic E-state index is -0.965. The Labute approximate surface area is 242 Å². The van der Waals surface area contributed by atoms with Crippen LogP contribution < -0.4 is 15.5 Å². The normalized spacial score (nSPS) is 15.4. The maximum atomic E-state index is 10.4. The van der Waals surface area contributed by atoms with Gasteiger partial charge in [0.25, 0.3) is 0 Å². The summed E-state index contributed by atoms with van der Waals surface area (Å²) in [5.74, 6) is 2.99. The van der Waals surface area contributed by atoms with Crippen molar-refractivity contribution in [1.82, 2.24) is 5.32 Å². The van der Waals surface area contributed by atoms with Crippen LogP contribution in [0.5, 0.6) is 11.5 Å². The molecule has 0 saturated carbocycles. The predicted molar refractivity (Wildman–Crippen MR) is 168 cm³/mol. The van der Waals surface area contributed by atoms with Gasteiger partial charge in [-0.05, 0) is 75.1 Å². The van der Waals surface area contributed by atoms with E-state index in [0.29, 0.717) is 0 Å². The Morgan fingerprint density at radius 3 is 1.71 bits per heavy atom. The molecule has 2 N–H and O–H groups in total. The second-order valence-electron chi connectivity index (χ2n) is 11.3. The van der Waals surface area contributed by atoms with Gasteiger partial charge in [0.1, 0.15) is 23.2 Å². The van der Waals surface area contributed by atoms with Crippen molar-refractivity contribution in [2.24, 2.45) is 9.98 Å². The molecule has 5 rings (SSSR count). The van der Waals surface area contributed by atoms with Crippen LogP contribution in [0.4, 0.5) is 0 Å². The zero-order valence-corrected chi connectivity index (χ0v) is 24.2. The van der Waals surface area contributed by atoms with Gasteiger partial charge >= 0.3 is 6.92 Å². The van der Waals surface area contributed by atoms with E-state index < -0.39 is 11.2 Å². The average molecular weight is 545 g/mol. The van der Waals surface area contributed by atoms with Gasteiger partial charge in [0, 0.05) is 11.1 Å². The van der Waals surface area contributed by atoms with Crippen LogP contribution in [0.2, 0.25) is 6.82 Å². The smallest absolute Gasteiger partial charge is 0.324 e. The van der Waals surface area contributed by atoms with Crippen LogP contribution in [0, 0.1) is 0 Å². The average Bonchev–Trinajstić information content (AvgIpc) is 2.98. The highest BCUT2D eigenvalue weighted by molar-refractivity contribution is 6.66. The lowest BCUT2D eigenvalue weighted by Crippen LogP contribution is -2.52. The molecule has 1 unspecified atom stereocenters. The van der Waals surface area contributed by atoms with E-state index in [-0.39, 0.29) is 13.1 Å². The molecule has 0 aromatic heterocycles. The first-order valence-corrected chi connectivity index (χ1v) is 13.9. The van der Waals surface area contributed by atoms with E-state index in [1.165, 1.54) is 0 Å². The van der Waals surface area contributed by atoms with Gasteiger partial charge in [-0.2, -0.15) is 0 Å².